The Kier molecular flexibility index (Phi) is 3.29. The molecule has 96 valence electrons. The maximum atomic E-state index is 4.35. The van der Waals surface area contributed by atoms with Gasteiger partial charge in [0.1, 0.15) is 11.5 Å². The highest BCUT2D eigenvalue weighted by molar-refractivity contribution is 9.09. The lowest BCUT2D eigenvalue weighted by Gasteiger charge is -2.34. The highest BCUT2D eigenvalue weighted by atomic mass is 79.9. The van der Waals surface area contributed by atoms with Gasteiger partial charge < -0.3 is 4.90 Å². The summed E-state index contributed by atoms with van der Waals surface area (Å²) in [6.45, 7) is 4.53. The summed E-state index contributed by atoms with van der Waals surface area (Å²) in [6, 6.07) is 6.33. The number of halogens is 1. The molecule has 1 unspecified atom stereocenters. The first kappa shape index (κ1) is 12.0. The van der Waals surface area contributed by atoms with E-state index in [1.807, 2.05) is 12.4 Å². The van der Waals surface area contributed by atoms with Crippen LogP contribution in [0.1, 0.15) is 19.8 Å². The number of imidazole rings is 1. The number of nitrogens with zero attached hydrogens (tertiary/aromatic N) is 3. The molecule has 1 aliphatic heterocycles. The van der Waals surface area contributed by atoms with Crippen LogP contribution in [-0.2, 0) is 0 Å². The number of rotatable bonds is 2. The molecule has 0 bridgehead atoms. The Morgan fingerprint density at radius 2 is 2.11 bits per heavy atom. The normalized spacial score (nSPS) is 19.3. The van der Waals surface area contributed by atoms with Crippen molar-refractivity contribution in [1.82, 2.24) is 9.38 Å². The minimum atomic E-state index is 0.628. The third-order valence-electron chi connectivity index (χ3n) is 3.92. The van der Waals surface area contributed by atoms with Gasteiger partial charge in [-0.1, -0.05) is 28.9 Å². The van der Waals surface area contributed by atoms with Crippen molar-refractivity contribution in [2.45, 2.75) is 24.6 Å². The first-order valence-corrected chi connectivity index (χ1v) is 7.48. The highest BCUT2D eigenvalue weighted by Gasteiger charge is 2.23. The zero-order valence-corrected chi connectivity index (χ0v) is 12.2. The Bertz CT molecular complexity index is 527. The van der Waals surface area contributed by atoms with Gasteiger partial charge in [0.05, 0.1) is 0 Å². The van der Waals surface area contributed by atoms with E-state index in [0.717, 1.165) is 24.7 Å². The van der Waals surface area contributed by atoms with Crippen LogP contribution in [0, 0.1) is 5.92 Å². The smallest absolute Gasteiger partial charge is 0.138 e. The maximum Gasteiger partial charge on any atom is 0.138 e. The number of aromatic nitrogens is 2. The summed E-state index contributed by atoms with van der Waals surface area (Å²) in [5.41, 5.74) is 1.03. The molecule has 2 aromatic rings. The predicted octanol–water partition coefficient (Wildman–Crippen LogP) is 3.33. The van der Waals surface area contributed by atoms with Crippen LogP contribution >= 0.6 is 15.9 Å². The molecule has 0 aliphatic carbocycles. The SMILES string of the molecule is CC(Br)C1CCN(c2cccc3nccn23)CC1. The second-order valence-corrected chi connectivity index (χ2v) is 6.49. The van der Waals surface area contributed by atoms with Gasteiger partial charge in [-0.15, -0.1) is 0 Å². The molecule has 4 heteroatoms. The molecule has 1 aliphatic rings. The predicted molar refractivity (Wildman–Crippen MR) is 78.5 cm³/mol. The Balaban J connectivity index is 1.82. The molecule has 0 saturated carbocycles. The standard InChI is InChI=1S/C14H18BrN3/c1-11(15)12-5-8-17(9-6-12)14-4-2-3-13-16-7-10-18(13)14/h2-4,7,10-12H,5-6,8-9H2,1H3. The van der Waals surface area contributed by atoms with Crippen LogP contribution in [0.15, 0.2) is 30.6 Å². The lowest BCUT2D eigenvalue weighted by Crippen LogP contribution is -2.36. The van der Waals surface area contributed by atoms with Crippen LogP contribution in [0.2, 0.25) is 0 Å². The first-order chi connectivity index (χ1) is 8.75. The first-order valence-electron chi connectivity index (χ1n) is 6.57. The molecule has 0 radical (unpaired) electrons. The monoisotopic (exact) mass is 307 g/mol. The minimum Gasteiger partial charge on any atom is -0.358 e. The van der Waals surface area contributed by atoms with E-state index in [4.69, 9.17) is 0 Å². The molecule has 0 spiro atoms. The molecule has 0 aromatic carbocycles. The van der Waals surface area contributed by atoms with E-state index in [9.17, 15) is 0 Å². The average Bonchev–Trinajstić information content (AvgIpc) is 2.87. The van der Waals surface area contributed by atoms with Crippen molar-refractivity contribution in [3.63, 3.8) is 0 Å². The van der Waals surface area contributed by atoms with Gasteiger partial charge in [-0.2, -0.15) is 0 Å². The number of pyridine rings is 1. The molecule has 1 atom stereocenters. The Labute approximate surface area is 116 Å². The van der Waals surface area contributed by atoms with E-state index in [1.165, 1.54) is 18.7 Å². The molecule has 1 fully saturated rings. The number of fused-ring (bicyclic) bond motifs is 1. The van der Waals surface area contributed by atoms with Gasteiger partial charge in [0, 0.05) is 30.3 Å². The zero-order valence-electron chi connectivity index (χ0n) is 10.6. The van der Waals surface area contributed by atoms with Crippen molar-refractivity contribution >= 4 is 27.4 Å². The Morgan fingerprint density at radius 3 is 2.83 bits per heavy atom. The van der Waals surface area contributed by atoms with E-state index < -0.39 is 0 Å². The third-order valence-corrected chi connectivity index (χ3v) is 4.67. The van der Waals surface area contributed by atoms with Crippen molar-refractivity contribution < 1.29 is 0 Å². The van der Waals surface area contributed by atoms with Crippen molar-refractivity contribution in [3.05, 3.63) is 30.6 Å². The largest absolute Gasteiger partial charge is 0.358 e. The van der Waals surface area contributed by atoms with Crippen LogP contribution < -0.4 is 4.90 Å². The van der Waals surface area contributed by atoms with Crippen molar-refractivity contribution in [2.75, 3.05) is 18.0 Å². The lowest BCUT2D eigenvalue weighted by atomic mass is 9.94. The van der Waals surface area contributed by atoms with Gasteiger partial charge >= 0.3 is 0 Å². The van der Waals surface area contributed by atoms with Gasteiger partial charge in [0.15, 0.2) is 0 Å². The van der Waals surface area contributed by atoms with Crippen LogP contribution in [0.5, 0.6) is 0 Å². The van der Waals surface area contributed by atoms with Crippen molar-refractivity contribution in [1.29, 1.82) is 0 Å². The molecule has 3 nitrogen and oxygen atoms in total. The Hall–Kier alpha value is -1.03. The second kappa shape index (κ2) is 4.92. The number of anilines is 1. The molecule has 18 heavy (non-hydrogen) atoms. The van der Waals surface area contributed by atoms with Crippen LogP contribution in [0.25, 0.3) is 5.65 Å². The average molecular weight is 308 g/mol. The number of alkyl halides is 1. The molecular weight excluding hydrogens is 290 g/mol. The minimum absolute atomic E-state index is 0.628. The summed E-state index contributed by atoms with van der Waals surface area (Å²) in [6.07, 6.45) is 6.44. The fourth-order valence-corrected chi connectivity index (χ4v) is 3.31. The molecule has 0 N–H and O–H groups in total. The maximum absolute atomic E-state index is 4.35. The van der Waals surface area contributed by atoms with E-state index >= 15 is 0 Å². The zero-order chi connectivity index (χ0) is 12.5. The molecule has 3 rings (SSSR count). The summed E-state index contributed by atoms with van der Waals surface area (Å²) in [7, 11) is 0. The lowest BCUT2D eigenvalue weighted by molar-refractivity contribution is 0.405. The molecule has 2 aromatic heterocycles. The van der Waals surface area contributed by atoms with Gasteiger partial charge in [-0.25, -0.2) is 4.98 Å². The number of hydrogen-bond donors (Lipinski definition) is 0. The summed E-state index contributed by atoms with van der Waals surface area (Å²) in [4.78, 5) is 7.45. The van der Waals surface area contributed by atoms with E-state index in [-0.39, 0.29) is 0 Å². The summed E-state index contributed by atoms with van der Waals surface area (Å²) in [5, 5.41) is 0. The van der Waals surface area contributed by atoms with Gasteiger partial charge in [0.2, 0.25) is 0 Å². The fraction of sp³-hybridized carbons (Fsp3) is 0.500. The van der Waals surface area contributed by atoms with E-state index in [2.05, 4.69) is 55.3 Å². The van der Waals surface area contributed by atoms with Crippen LogP contribution in [0.4, 0.5) is 5.82 Å². The Morgan fingerprint density at radius 1 is 1.33 bits per heavy atom. The molecule has 1 saturated heterocycles. The molecular formula is C14H18BrN3. The van der Waals surface area contributed by atoms with Gasteiger partial charge in [-0.05, 0) is 30.9 Å². The van der Waals surface area contributed by atoms with Crippen molar-refractivity contribution in [3.8, 4) is 0 Å². The molecule has 0 amide bonds. The van der Waals surface area contributed by atoms with E-state index in [1.54, 1.807) is 0 Å². The summed E-state index contributed by atoms with van der Waals surface area (Å²) in [5.74, 6) is 2.08. The summed E-state index contributed by atoms with van der Waals surface area (Å²) < 4.78 is 2.18. The second-order valence-electron chi connectivity index (χ2n) is 5.04. The third kappa shape index (κ3) is 2.14. The van der Waals surface area contributed by atoms with Crippen LogP contribution in [-0.4, -0.2) is 27.3 Å². The highest BCUT2D eigenvalue weighted by Crippen LogP contribution is 2.28. The quantitative estimate of drug-likeness (QED) is 0.793. The molecule has 3 heterocycles. The fourth-order valence-electron chi connectivity index (χ4n) is 2.78. The topological polar surface area (TPSA) is 20.5 Å². The number of hydrogen-bond acceptors (Lipinski definition) is 2. The van der Waals surface area contributed by atoms with E-state index in [0.29, 0.717) is 4.83 Å². The summed E-state index contributed by atoms with van der Waals surface area (Å²) >= 11 is 3.71. The number of piperidine rings is 1. The van der Waals surface area contributed by atoms with Crippen molar-refractivity contribution in [2.24, 2.45) is 5.92 Å². The van der Waals surface area contributed by atoms with Gasteiger partial charge in [0.25, 0.3) is 0 Å². The van der Waals surface area contributed by atoms with Crippen LogP contribution in [0.3, 0.4) is 0 Å². The van der Waals surface area contributed by atoms with Gasteiger partial charge in [-0.3, -0.25) is 4.40 Å².